The van der Waals surface area contributed by atoms with E-state index in [1.54, 1.807) is 0 Å². The third-order valence-corrected chi connectivity index (χ3v) is 3.06. The van der Waals surface area contributed by atoms with Gasteiger partial charge in [-0.05, 0) is 34.8 Å². The minimum Gasteiger partial charge on any atom is -0.351 e. The van der Waals surface area contributed by atoms with Crippen molar-refractivity contribution in [2.24, 2.45) is 0 Å². The Labute approximate surface area is 112 Å². The molecule has 0 aromatic carbocycles. The van der Waals surface area contributed by atoms with Gasteiger partial charge >= 0.3 is 0 Å². The van der Waals surface area contributed by atoms with Gasteiger partial charge in [-0.2, -0.15) is 0 Å². The number of amides is 1. The molecule has 0 saturated heterocycles. The molecule has 0 fully saturated rings. The lowest BCUT2D eigenvalue weighted by molar-refractivity contribution is 0.0943. The standard InChI is InChI=1S/C13H21BrN2O/c1-3-5-6-7-15-13(17)12-9-11(14)10-16(12)8-4-2/h9-10H,3-8H2,1-2H3,(H,15,17). The van der Waals surface area contributed by atoms with Crippen molar-refractivity contribution in [1.29, 1.82) is 0 Å². The summed E-state index contributed by atoms with van der Waals surface area (Å²) in [6.07, 6.45) is 6.38. The number of hydrogen-bond acceptors (Lipinski definition) is 1. The Morgan fingerprint density at radius 1 is 1.35 bits per heavy atom. The summed E-state index contributed by atoms with van der Waals surface area (Å²) < 4.78 is 2.96. The smallest absolute Gasteiger partial charge is 0.267 e. The first-order valence-electron chi connectivity index (χ1n) is 6.32. The average molecular weight is 301 g/mol. The second-order valence-corrected chi connectivity index (χ2v) is 5.12. The summed E-state index contributed by atoms with van der Waals surface area (Å²) in [5.74, 6) is 0.0280. The highest BCUT2D eigenvalue weighted by Crippen LogP contribution is 2.15. The summed E-state index contributed by atoms with van der Waals surface area (Å²) in [4.78, 5) is 12.0. The quantitative estimate of drug-likeness (QED) is 0.767. The zero-order chi connectivity index (χ0) is 12.7. The minimum absolute atomic E-state index is 0.0280. The molecule has 0 aliphatic rings. The fourth-order valence-electron chi connectivity index (χ4n) is 1.76. The molecule has 0 spiro atoms. The Bertz CT molecular complexity index is 360. The SMILES string of the molecule is CCCCCNC(=O)c1cc(Br)cn1CCC. The highest BCUT2D eigenvalue weighted by molar-refractivity contribution is 9.10. The van der Waals surface area contributed by atoms with E-state index in [1.807, 2.05) is 16.8 Å². The molecule has 0 saturated carbocycles. The largest absolute Gasteiger partial charge is 0.351 e. The molecule has 0 atom stereocenters. The van der Waals surface area contributed by atoms with Crippen LogP contribution in [0.1, 0.15) is 50.0 Å². The number of rotatable bonds is 7. The Morgan fingerprint density at radius 2 is 2.12 bits per heavy atom. The fourth-order valence-corrected chi connectivity index (χ4v) is 2.22. The molecule has 0 unspecified atom stereocenters. The topological polar surface area (TPSA) is 34.0 Å². The first-order valence-corrected chi connectivity index (χ1v) is 7.12. The molecular formula is C13H21BrN2O. The van der Waals surface area contributed by atoms with Crippen LogP contribution < -0.4 is 5.32 Å². The van der Waals surface area contributed by atoms with Gasteiger partial charge in [0.2, 0.25) is 0 Å². The number of carbonyl (C=O) groups excluding carboxylic acids is 1. The van der Waals surface area contributed by atoms with Crippen LogP contribution in [0.15, 0.2) is 16.7 Å². The summed E-state index contributed by atoms with van der Waals surface area (Å²) >= 11 is 3.41. The number of nitrogens with zero attached hydrogens (tertiary/aromatic N) is 1. The van der Waals surface area contributed by atoms with E-state index in [9.17, 15) is 4.79 Å². The molecular weight excluding hydrogens is 280 g/mol. The first-order chi connectivity index (χ1) is 8.19. The Hall–Kier alpha value is -0.770. The van der Waals surface area contributed by atoms with Gasteiger partial charge in [-0.3, -0.25) is 4.79 Å². The monoisotopic (exact) mass is 300 g/mol. The normalized spacial score (nSPS) is 10.5. The Kier molecular flexibility index (Phi) is 6.34. The van der Waals surface area contributed by atoms with Gasteiger partial charge in [-0.15, -0.1) is 0 Å². The molecule has 1 rings (SSSR count). The molecule has 1 amide bonds. The molecule has 1 aromatic heterocycles. The molecule has 3 nitrogen and oxygen atoms in total. The predicted octanol–water partition coefficient (Wildman–Crippen LogP) is 3.58. The van der Waals surface area contributed by atoms with Crippen molar-refractivity contribution < 1.29 is 4.79 Å². The summed E-state index contributed by atoms with van der Waals surface area (Å²) in [6, 6.07) is 1.88. The second kappa shape index (κ2) is 7.54. The zero-order valence-corrected chi connectivity index (χ0v) is 12.2. The summed E-state index contributed by atoms with van der Waals surface area (Å²) in [5, 5.41) is 2.97. The first kappa shape index (κ1) is 14.3. The lowest BCUT2D eigenvalue weighted by Crippen LogP contribution is -2.26. The number of halogens is 1. The molecule has 4 heteroatoms. The molecule has 0 radical (unpaired) electrons. The van der Waals surface area contributed by atoms with E-state index < -0.39 is 0 Å². The summed E-state index contributed by atoms with van der Waals surface area (Å²) in [5.41, 5.74) is 0.746. The van der Waals surface area contributed by atoms with E-state index in [0.717, 1.165) is 36.1 Å². The van der Waals surface area contributed by atoms with Crippen LogP contribution in [-0.4, -0.2) is 17.0 Å². The third-order valence-electron chi connectivity index (χ3n) is 2.63. The third kappa shape index (κ3) is 4.54. The molecule has 0 aliphatic heterocycles. The van der Waals surface area contributed by atoms with Crippen LogP contribution in [0.3, 0.4) is 0 Å². The number of unbranched alkanes of at least 4 members (excludes halogenated alkanes) is 2. The molecule has 1 heterocycles. The number of nitrogens with one attached hydrogen (secondary N) is 1. The van der Waals surface area contributed by atoms with Crippen molar-refractivity contribution in [3.05, 3.63) is 22.4 Å². The van der Waals surface area contributed by atoms with E-state index in [1.165, 1.54) is 12.8 Å². The van der Waals surface area contributed by atoms with Gasteiger partial charge in [0, 0.05) is 23.8 Å². The van der Waals surface area contributed by atoms with Crippen LogP contribution in [0.25, 0.3) is 0 Å². The van der Waals surface area contributed by atoms with Crippen LogP contribution in [0, 0.1) is 0 Å². The number of aryl methyl sites for hydroxylation is 1. The van der Waals surface area contributed by atoms with E-state index in [0.29, 0.717) is 0 Å². The maximum Gasteiger partial charge on any atom is 0.267 e. The molecule has 17 heavy (non-hydrogen) atoms. The molecule has 0 bridgehead atoms. The van der Waals surface area contributed by atoms with Crippen LogP contribution in [0.5, 0.6) is 0 Å². The predicted molar refractivity (Wildman–Crippen MR) is 74.3 cm³/mol. The van der Waals surface area contributed by atoms with Crippen LogP contribution in [0.4, 0.5) is 0 Å². The van der Waals surface area contributed by atoms with Gasteiger partial charge in [0.05, 0.1) is 0 Å². The van der Waals surface area contributed by atoms with Gasteiger partial charge in [-0.1, -0.05) is 26.7 Å². The van der Waals surface area contributed by atoms with E-state index >= 15 is 0 Å². The lowest BCUT2D eigenvalue weighted by atomic mass is 10.2. The maximum atomic E-state index is 12.0. The minimum atomic E-state index is 0.0280. The van der Waals surface area contributed by atoms with E-state index in [4.69, 9.17) is 0 Å². The number of aromatic nitrogens is 1. The lowest BCUT2D eigenvalue weighted by Gasteiger charge is -2.08. The molecule has 0 aliphatic carbocycles. The van der Waals surface area contributed by atoms with Gasteiger partial charge in [0.25, 0.3) is 5.91 Å². The van der Waals surface area contributed by atoms with E-state index in [-0.39, 0.29) is 5.91 Å². The Morgan fingerprint density at radius 3 is 2.76 bits per heavy atom. The second-order valence-electron chi connectivity index (χ2n) is 4.20. The molecule has 1 N–H and O–H groups in total. The van der Waals surface area contributed by atoms with Crippen molar-refractivity contribution in [2.45, 2.75) is 46.1 Å². The number of hydrogen-bond donors (Lipinski definition) is 1. The van der Waals surface area contributed by atoms with Crippen LogP contribution in [0.2, 0.25) is 0 Å². The van der Waals surface area contributed by atoms with E-state index in [2.05, 4.69) is 35.1 Å². The van der Waals surface area contributed by atoms with Crippen molar-refractivity contribution >= 4 is 21.8 Å². The van der Waals surface area contributed by atoms with Crippen molar-refractivity contribution in [2.75, 3.05) is 6.54 Å². The van der Waals surface area contributed by atoms with Gasteiger partial charge in [0.15, 0.2) is 0 Å². The molecule has 1 aromatic rings. The average Bonchev–Trinajstić information content (AvgIpc) is 2.66. The van der Waals surface area contributed by atoms with Gasteiger partial charge in [-0.25, -0.2) is 0 Å². The Balaban J connectivity index is 2.55. The van der Waals surface area contributed by atoms with Gasteiger partial charge in [0.1, 0.15) is 5.69 Å². The van der Waals surface area contributed by atoms with Gasteiger partial charge < -0.3 is 9.88 Å². The fraction of sp³-hybridized carbons (Fsp3) is 0.615. The van der Waals surface area contributed by atoms with Crippen molar-refractivity contribution in [1.82, 2.24) is 9.88 Å². The summed E-state index contributed by atoms with van der Waals surface area (Å²) in [6.45, 7) is 5.91. The van der Waals surface area contributed by atoms with Crippen LogP contribution >= 0.6 is 15.9 Å². The van der Waals surface area contributed by atoms with Crippen molar-refractivity contribution in [3.8, 4) is 0 Å². The highest BCUT2D eigenvalue weighted by atomic mass is 79.9. The highest BCUT2D eigenvalue weighted by Gasteiger charge is 2.11. The molecule has 96 valence electrons. The van der Waals surface area contributed by atoms with Crippen molar-refractivity contribution in [3.63, 3.8) is 0 Å². The number of carbonyl (C=O) groups is 1. The maximum absolute atomic E-state index is 12.0. The van der Waals surface area contributed by atoms with Crippen LogP contribution in [-0.2, 0) is 6.54 Å². The zero-order valence-electron chi connectivity index (χ0n) is 10.6. The summed E-state index contributed by atoms with van der Waals surface area (Å²) in [7, 11) is 0.